The van der Waals surface area contributed by atoms with E-state index in [1.165, 1.54) is 6.92 Å². The number of carbonyl (C=O) groups is 1. The lowest BCUT2D eigenvalue weighted by Gasteiger charge is -2.15. The van der Waals surface area contributed by atoms with E-state index < -0.39 is 46.6 Å². The average Bonchev–Trinajstić information content (AvgIpc) is 2.38. The molecule has 0 saturated carbocycles. The Morgan fingerprint density at radius 3 is 2.55 bits per heavy atom. The number of nitrogens with zero attached hydrogens (tertiary/aromatic N) is 2. The van der Waals surface area contributed by atoms with Gasteiger partial charge in [-0.3, -0.25) is 14.9 Å². The van der Waals surface area contributed by atoms with Gasteiger partial charge >= 0.3 is 12.3 Å². The largest absolute Gasteiger partial charge is 0.573 e. The molecule has 0 spiro atoms. The Bertz CT molecular complexity index is 576. The van der Waals surface area contributed by atoms with Crippen LogP contribution in [0.15, 0.2) is 6.20 Å². The van der Waals surface area contributed by atoms with Crippen LogP contribution in [0.4, 0.5) is 18.9 Å². The fourth-order valence-electron chi connectivity index (χ4n) is 1.55. The molecule has 8 nitrogen and oxygen atoms in total. The van der Waals surface area contributed by atoms with Crippen molar-refractivity contribution >= 4 is 11.7 Å². The molecule has 0 aliphatic rings. The van der Waals surface area contributed by atoms with Crippen LogP contribution in [0.1, 0.15) is 12.5 Å². The zero-order valence-corrected chi connectivity index (χ0v) is 11.5. The molecular weight excluding hydrogens is 313 g/mol. The number of halogens is 3. The lowest BCUT2D eigenvalue weighted by molar-refractivity contribution is -0.386. The van der Waals surface area contributed by atoms with E-state index in [2.05, 4.69) is 19.2 Å². The van der Waals surface area contributed by atoms with Crippen LogP contribution in [0.3, 0.4) is 0 Å². The number of esters is 1. The maximum absolute atomic E-state index is 12.5. The van der Waals surface area contributed by atoms with Gasteiger partial charge in [-0.15, -0.1) is 13.2 Å². The van der Waals surface area contributed by atoms with Crippen molar-refractivity contribution in [2.45, 2.75) is 19.7 Å². The number of carbonyl (C=O) groups excluding carboxylic acids is 1. The Morgan fingerprint density at radius 1 is 1.45 bits per heavy atom. The molecule has 0 aliphatic heterocycles. The van der Waals surface area contributed by atoms with Gasteiger partial charge in [0.05, 0.1) is 30.6 Å². The number of pyridine rings is 1. The van der Waals surface area contributed by atoms with Gasteiger partial charge in [-0.25, -0.2) is 4.98 Å². The van der Waals surface area contributed by atoms with Crippen molar-refractivity contribution in [2.75, 3.05) is 13.7 Å². The van der Waals surface area contributed by atoms with Crippen molar-refractivity contribution in [3.8, 4) is 11.6 Å². The molecule has 0 aromatic carbocycles. The molecule has 0 saturated heterocycles. The highest BCUT2D eigenvalue weighted by Gasteiger charge is 2.37. The molecule has 1 rings (SSSR count). The molecule has 0 N–H and O–H groups in total. The van der Waals surface area contributed by atoms with E-state index in [0.717, 1.165) is 7.11 Å². The van der Waals surface area contributed by atoms with Crippen LogP contribution in [0.2, 0.25) is 0 Å². The Morgan fingerprint density at radius 2 is 2.09 bits per heavy atom. The van der Waals surface area contributed by atoms with Crippen molar-refractivity contribution in [2.24, 2.45) is 0 Å². The summed E-state index contributed by atoms with van der Waals surface area (Å²) in [5, 5.41) is 10.9. The summed E-state index contributed by atoms with van der Waals surface area (Å²) in [5.41, 5.74) is -1.44. The molecule has 0 unspecified atom stereocenters. The van der Waals surface area contributed by atoms with Gasteiger partial charge in [-0.2, -0.15) is 0 Å². The van der Waals surface area contributed by atoms with Gasteiger partial charge in [0.1, 0.15) is 6.20 Å². The first-order valence-corrected chi connectivity index (χ1v) is 5.81. The van der Waals surface area contributed by atoms with E-state index in [1.54, 1.807) is 0 Å². The van der Waals surface area contributed by atoms with Gasteiger partial charge in [-0.1, -0.05) is 0 Å². The second-order valence-corrected chi connectivity index (χ2v) is 3.75. The molecule has 1 aromatic rings. The normalized spacial score (nSPS) is 11.0. The number of hydrogen-bond donors (Lipinski definition) is 0. The van der Waals surface area contributed by atoms with Gasteiger partial charge in [-0.05, 0) is 6.92 Å². The first kappa shape index (κ1) is 17.5. The van der Waals surface area contributed by atoms with Crippen LogP contribution in [0.5, 0.6) is 11.6 Å². The van der Waals surface area contributed by atoms with Crippen LogP contribution < -0.4 is 9.47 Å². The van der Waals surface area contributed by atoms with Gasteiger partial charge in [0.2, 0.25) is 5.75 Å². The minimum absolute atomic E-state index is 0.0374. The highest BCUT2D eigenvalue weighted by Crippen LogP contribution is 2.38. The molecule has 0 aliphatic carbocycles. The predicted octanol–water partition coefficient (Wildman–Crippen LogP) is 2.00. The van der Waals surface area contributed by atoms with Gasteiger partial charge in [0.15, 0.2) is 0 Å². The number of alkyl halides is 3. The fourth-order valence-corrected chi connectivity index (χ4v) is 1.55. The Labute approximate surface area is 121 Å². The molecule has 0 atom stereocenters. The predicted molar refractivity (Wildman–Crippen MR) is 64.5 cm³/mol. The Hall–Kier alpha value is -2.59. The van der Waals surface area contributed by atoms with E-state index in [1.807, 2.05) is 0 Å². The zero-order chi connectivity index (χ0) is 16.9. The van der Waals surface area contributed by atoms with Gasteiger partial charge in [0.25, 0.3) is 11.6 Å². The third kappa shape index (κ3) is 4.46. The summed E-state index contributed by atoms with van der Waals surface area (Å²) in [4.78, 5) is 24.8. The lowest BCUT2D eigenvalue weighted by Crippen LogP contribution is -2.20. The van der Waals surface area contributed by atoms with Gasteiger partial charge < -0.3 is 14.2 Å². The number of nitro groups is 1. The van der Waals surface area contributed by atoms with Crippen LogP contribution in [-0.4, -0.2) is 36.0 Å². The number of rotatable bonds is 6. The Balaban J connectivity index is 3.42. The molecule has 0 radical (unpaired) electrons. The van der Waals surface area contributed by atoms with Crippen molar-refractivity contribution in [3.05, 3.63) is 21.9 Å². The first-order valence-electron chi connectivity index (χ1n) is 5.81. The van der Waals surface area contributed by atoms with E-state index in [-0.39, 0.29) is 6.61 Å². The molecule has 0 amide bonds. The third-order valence-corrected chi connectivity index (χ3v) is 2.32. The molecule has 0 bridgehead atoms. The summed E-state index contributed by atoms with van der Waals surface area (Å²) in [6.45, 7) is 1.44. The molecular formula is C11H11F3N2O6. The van der Waals surface area contributed by atoms with Crippen LogP contribution in [-0.2, 0) is 16.0 Å². The molecule has 11 heteroatoms. The van der Waals surface area contributed by atoms with Crippen LogP contribution >= 0.6 is 0 Å². The minimum atomic E-state index is -5.15. The second kappa shape index (κ2) is 6.91. The summed E-state index contributed by atoms with van der Waals surface area (Å²) in [7, 11) is 1.01. The van der Waals surface area contributed by atoms with Crippen molar-refractivity contribution in [1.29, 1.82) is 0 Å². The average molecular weight is 324 g/mol. The van der Waals surface area contributed by atoms with Crippen molar-refractivity contribution < 1.29 is 37.1 Å². The highest BCUT2D eigenvalue weighted by atomic mass is 19.4. The summed E-state index contributed by atoms with van der Waals surface area (Å²) in [5.74, 6) is -2.63. The summed E-state index contributed by atoms with van der Waals surface area (Å²) >= 11 is 0. The maximum atomic E-state index is 12.5. The monoisotopic (exact) mass is 324 g/mol. The standard InChI is InChI=1S/C11H11F3N2O6/c1-3-21-8(17)4-6-7(16(18)19)5-15-10(20-2)9(6)22-11(12,13)14/h5H,3-4H2,1-2H3. The van der Waals surface area contributed by atoms with Crippen molar-refractivity contribution in [1.82, 2.24) is 4.98 Å². The van der Waals surface area contributed by atoms with E-state index in [4.69, 9.17) is 0 Å². The summed E-state index contributed by atoms with van der Waals surface area (Å²) < 4.78 is 50.3. The van der Waals surface area contributed by atoms with E-state index >= 15 is 0 Å². The fraction of sp³-hybridized carbons (Fsp3) is 0.455. The first-order chi connectivity index (χ1) is 10.2. The Kier molecular flexibility index (Phi) is 5.49. The number of methoxy groups -OCH3 is 1. The molecule has 122 valence electrons. The number of hydrogen-bond acceptors (Lipinski definition) is 7. The van der Waals surface area contributed by atoms with Crippen molar-refractivity contribution in [3.63, 3.8) is 0 Å². The van der Waals surface area contributed by atoms with Gasteiger partial charge in [0, 0.05) is 0 Å². The number of aromatic nitrogens is 1. The lowest BCUT2D eigenvalue weighted by atomic mass is 10.1. The van der Waals surface area contributed by atoms with E-state index in [9.17, 15) is 28.1 Å². The molecule has 1 heterocycles. The smallest absolute Gasteiger partial charge is 0.478 e. The van der Waals surface area contributed by atoms with Crippen LogP contribution in [0, 0.1) is 10.1 Å². The molecule has 22 heavy (non-hydrogen) atoms. The zero-order valence-electron chi connectivity index (χ0n) is 11.5. The quantitative estimate of drug-likeness (QED) is 0.448. The second-order valence-electron chi connectivity index (χ2n) is 3.75. The summed E-state index contributed by atoms with van der Waals surface area (Å²) in [6.07, 6.45) is -5.27. The molecule has 0 fully saturated rings. The third-order valence-electron chi connectivity index (χ3n) is 2.32. The SMILES string of the molecule is CCOC(=O)Cc1c([N+](=O)[O-])cnc(OC)c1OC(F)(F)F. The highest BCUT2D eigenvalue weighted by molar-refractivity contribution is 5.76. The van der Waals surface area contributed by atoms with Crippen LogP contribution in [0.25, 0.3) is 0 Å². The summed E-state index contributed by atoms with van der Waals surface area (Å²) in [6, 6.07) is 0. The maximum Gasteiger partial charge on any atom is 0.573 e. The minimum Gasteiger partial charge on any atom is -0.478 e. The number of ether oxygens (including phenoxy) is 3. The topological polar surface area (TPSA) is 101 Å². The molecule has 1 aromatic heterocycles. The van der Waals surface area contributed by atoms with E-state index in [0.29, 0.717) is 6.20 Å².